The van der Waals surface area contributed by atoms with Gasteiger partial charge in [0.25, 0.3) is 0 Å². The molecule has 0 spiro atoms. The van der Waals surface area contributed by atoms with Crippen molar-refractivity contribution in [3.63, 3.8) is 0 Å². The third-order valence-electron chi connectivity index (χ3n) is 5.72. The summed E-state index contributed by atoms with van der Waals surface area (Å²) in [5.74, 6) is 0. The SMILES string of the molecule is CCC1CN(C2(CN)CCN(C3CC3)C2)CCN1C. The predicted molar refractivity (Wildman–Crippen MR) is 79.3 cm³/mol. The molecule has 1 saturated carbocycles. The summed E-state index contributed by atoms with van der Waals surface area (Å²) in [5.41, 5.74) is 6.50. The molecule has 0 aromatic carbocycles. The first-order chi connectivity index (χ1) is 9.18. The number of hydrogen-bond acceptors (Lipinski definition) is 4. The van der Waals surface area contributed by atoms with Gasteiger partial charge < -0.3 is 10.6 Å². The Morgan fingerprint density at radius 3 is 2.63 bits per heavy atom. The second kappa shape index (κ2) is 5.32. The highest BCUT2D eigenvalue weighted by molar-refractivity contribution is 5.05. The van der Waals surface area contributed by atoms with Crippen molar-refractivity contribution in [2.24, 2.45) is 5.73 Å². The smallest absolute Gasteiger partial charge is 0.0471 e. The highest BCUT2D eigenvalue weighted by Gasteiger charge is 2.47. The summed E-state index contributed by atoms with van der Waals surface area (Å²) < 4.78 is 0. The van der Waals surface area contributed by atoms with Crippen LogP contribution in [0.25, 0.3) is 0 Å². The second-order valence-electron chi connectivity index (χ2n) is 6.87. The van der Waals surface area contributed by atoms with Gasteiger partial charge in [-0.05, 0) is 32.7 Å². The zero-order valence-electron chi connectivity index (χ0n) is 12.6. The molecule has 2 heterocycles. The summed E-state index contributed by atoms with van der Waals surface area (Å²) in [6.07, 6.45) is 5.36. The van der Waals surface area contributed by atoms with E-state index in [-0.39, 0.29) is 5.54 Å². The number of likely N-dealkylation sites (N-methyl/N-ethyl adjacent to an activating group) is 1. The van der Waals surface area contributed by atoms with Gasteiger partial charge in [0.2, 0.25) is 0 Å². The largest absolute Gasteiger partial charge is 0.329 e. The lowest BCUT2D eigenvalue weighted by molar-refractivity contribution is 0.0157. The molecule has 0 aromatic heterocycles. The molecule has 1 aliphatic carbocycles. The van der Waals surface area contributed by atoms with Crippen LogP contribution in [-0.4, -0.2) is 78.6 Å². The molecular weight excluding hydrogens is 236 g/mol. The molecule has 0 bridgehead atoms. The van der Waals surface area contributed by atoms with E-state index in [1.807, 2.05) is 0 Å². The Morgan fingerprint density at radius 2 is 2.00 bits per heavy atom. The standard InChI is InChI=1S/C15H30N4/c1-3-13-10-19(9-8-17(13)2)15(11-16)6-7-18(12-15)14-4-5-14/h13-14H,3-12,16H2,1-2H3. The first-order valence-corrected chi connectivity index (χ1v) is 8.08. The van der Waals surface area contributed by atoms with E-state index in [2.05, 4.69) is 28.7 Å². The quantitative estimate of drug-likeness (QED) is 0.807. The fourth-order valence-corrected chi connectivity index (χ4v) is 4.01. The topological polar surface area (TPSA) is 35.7 Å². The number of nitrogens with two attached hydrogens (primary N) is 1. The van der Waals surface area contributed by atoms with E-state index in [1.165, 1.54) is 58.4 Å². The van der Waals surface area contributed by atoms with E-state index in [0.717, 1.165) is 12.6 Å². The summed E-state index contributed by atoms with van der Waals surface area (Å²) >= 11 is 0. The molecule has 2 saturated heterocycles. The van der Waals surface area contributed by atoms with Gasteiger partial charge in [-0.3, -0.25) is 9.80 Å². The van der Waals surface area contributed by atoms with Gasteiger partial charge in [-0.25, -0.2) is 0 Å². The minimum atomic E-state index is 0.275. The molecule has 2 atom stereocenters. The van der Waals surface area contributed by atoms with E-state index in [9.17, 15) is 0 Å². The molecule has 2 aliphatic heterocycles. The van der Waals surface area contributed by atoms with E-state index in [1.54, 1.807) is 0 Å². The molecule has 0 radical (unpaired) electrons. The molecule has 19 heavy (non-hydrogen) atoms. The second-order valence-corrected chi connectivity index (χ2v) is 6.87. The maximum Gasteiger partial charge on any atom is 0.0471 e. The molecule has 3 rings (SSSR count). The molecule has 4 heteroatoms. The summed E-state index contributed by atoms with van der Waals surface area (Å²) in [5, 5.41) is 0. The Morgan fingerprint density at radius 1 is 1.21 bits per heavy atom. The van der Waals surface area contributed by atoms with Crippen molar-refractivity contribution in [1.29, 1.82) is 0 Å². The van der Waals surface area contributed by atoms with Crippen LogP contribution in [0.1, 0.15) is 32.6 Å². The van der Waals surface area contributed by atoms with Gasteiger partial charge in [-0.15, -0.1) is 0 Å². The van der Waals surface area contributed by atoms with Crippen LogP contribution in [0.4, 0.5) is 0 Å². The van der Waals surface area contributed by atoms with Gasteiger partial charge >= 0.3 is 0 Å². The fourth-order valence-electron chi connectivity index (χ4n) is 4.01. The lowest BCUT2D eigenvalue weighted by atomic mass is 9.93. The summed E-state index contributed by atoms with van der Waals surface area (Å²) in [6, 6.07) is 1.61. The number of piperazine rings is 1. The van der Waals surface area contributed by atoms with Crippen LogP contribution in [0.2, 0.25) is 0 Å². The molecule has 2 N–H and O–H groups in total. The normalized spacial score (nSPS) is 39.0. The van der Waals surface area contributed by atoms with Crippen molar-refractivity contribution in [2.75, 3.05) is 46.3 Å². The van der Waals surface area contributed by atoms with E-state index >= 15 is 0 Å². The van der Waals surface area contributed by atoms with Crippen LogP contribution in [0.15, 0.2) is 0 Å². The third kappa shape index (κ3) is 2.56. The maximum absolute atomic E-state index is 6.22. The van der Waals surface area contributed by atoms with Gasteiger partial charge in [-0.1, -0.05) is 6.92 Å². The highest BCUT2D eigenvalue weighted by atomic mass is 15.4. The van der Waals surface area contributed by atoms with Crippen molar-refractivity contribution in [1.82, 2.24) is 14.7 Å². The van der Waals surface area contributed by atoms with Crippen LogP contribution in [-0.2, 0) is 0 Å². The first kappa shape index (κ1) is 13.8. The molecular formula is C15H30N4. The van der Waals surface area contributed by atoms with Gasteiger partial charge in [0.15, 0.2) is 0 Å². The molecule has 110 valence electrons. The number of nitrogens with zero attached hydrogens (tertiary/aromatic N) is 3. The zero-order valence-corrected chi connectivity index (χ0v) is 12.6. The van der Waals surface area contributed by atoms with Gasteiger partial charge in [0.05, 0.1) is 0 Å². The molecule has 4 nitrogen and oxygen atoms in total. The Balaban J connectivity index is 1.68. The van der Waals surface area contributed by atoms with Crippen LogP contribution in [0, 0.1) is 0 Å². The summed E-state index contributed by atoms with van der Waals surface area (Å²) in [4.78, 5) is 7.95. The number of hydrogen-bond donors (Lipinski definition) is 1. The molecule has 0 amide bonds. The van der Waals surface area contributed by atoms with Crippen molar-refractivity contribution >= 4 is 0 Å². The molecule has 2 unspecified atom stereocenters. The summed E-state index contributed by atoms with van der Waals surface area (Å²) in [7, 11) is 2.27. The van der Waals surface area contributed by atoms with Crippen LogP contribution in [0.5, 0.6) is 0 Å². The zero-order chi connectivity index (χ0) is 13.5. The van der Waals surface area contributed by atoms with Gasteiger partial charge in [0, 0.05) is 56.9 Å². The third-order valence-corrected chi connectivity index (χ3v) is 5.72. The Bertz CT molecular complexity index is 317. The maximum atomic E-state index is 6.22. The van der Waals surface area contributed by atoms with Crippen molar-refractivity contribution in [2.45, 2.75) is 50.2 Å². The van der Waals surface area contributed by atoms with Crippen LogP contribution < -0.4 is 5.73 Å². The minimum Gasteiger partial charge on any atom is -0.329 e. The molecule has 3 aliphatic rings. The van der Waals surface area contributed by atoms with Crippen molar-refractivity contribution < 1.29 is 0 Å². The predicted octanol–water partition coefficient (Wildman–Crippen LogP) is 0.578. The lowest BCUT2D eigenvalue weighted by Crippen LogP contribution is -2.63. The van der Waals surface area contributed by atoms with Gasteiger partial charge in [0.1, 0.15) is 0 Å². The average molecular weight is 266 g/mol. The monoisotopic (exact) mass is 266 g/mol. The lowest BCUT2D eigenvalue weighted by Gasteiger charge is -2.48. The first-order valence-electron chi connectivity index (χ1n) is 8.08. The van der Waals surface area contributed by atoms with Crippen LogP contribution in [0.3, 0.4) is 0 Å². The van der Waals surface area contributed by atoms with Gasteiger partial charge in [-0.2, -0.15) is 0 Å². The number of likely N-dealkylation sites (tertiary alicyclic amines) is 1. The van der Waals surface area contributed by atoms with E-state index < -0.39 is 0 Å². The Kier molecular flexibility index (Phi) is 3.87. The Hall–Kier alpha value is -0.160. The molecule has 0 aromatic rings. The van der Waals surface area contributed by atoms with Crippen molar-refractivity contribution in [3.8, 4) is 0 Å². The van der Waals surface area contributed by atoms with Crippen LogP contribution >= 0.6 is 0 Å². The fraction of sp³-hybridized carbons (Fsp3) is 1.00. The average Bonchev–Trinajstić information content (AvgIpc) is 3.19. The number of rotatable bonds is 4. The highest BCUT2D eigenvalue weighted by Crippen LogP contribution is 2.36. The minimum absolute atomic E-state index is 0.275. The summed E-state index contributed by atoms with van der Waals surface area (Å²) in [6.45, 7) is 9.23. The molecule has 3 fully saturated rings. The van der Waals surface area contributed by atoms with E-state index in [4.69, 9.17) is 5.73 Å². The Labute approximate surface area is 117 Å². The van der Waals surface area contributed by atoms with E-state index in [0.29, 0.717) is 6.04 Å². The van der Waals surface area contributed by atoms with Crippen molar-refractivity contribution in [3.05, 3.63) is 0 Å².